The molecule has 0 fully saturated rings. The topological polar surface area (TPSA) is 111 Å². The van der Waals surface area contributed by atoms with Crippen molar-refractivity contribution >= 4 is 19.7 Å². The third kappa shape index (κ3) is 56.5. The quantitative estimate of drug-likeness (QED) is 0.0205. The van der Waals surface area contributed by atoms with Crippen LogP contribution in [0.15, 0.2) is 48.6 Å². The Kier molecular flexibility index (Phi) is 53.8. The molecular formula is C65H124N2O7P+. The number of nitrogens with zero attached hydrogens (tertiary/aromatic N) is 1. The zero-order valence-electron chi connectivity index (χ0n) is 50.3. The molecule has 0 rings (SSSR count). The SMILES string of the molecule is CCCCCCCC/C=C\C/C=C/CCC(=O)OC(/C=C\CCCCCCCCCCC)C(COP(=O)(O)OCC[N+](C)(C)C)NC(=O)CCCCCCCCCCCCCCCCC/C=C/CCCCCCCC. The fourth-order valence-electron chi connectivity index (χ4n) is 9.28. The van der Waals surface area contributed by atoms with E-state index in [1.54, 1.807) is 0 Å². The Labute approximate surface area is 465 Å². The summed E-state index contributed by atoms with van der Waals surface area (Å²) in [6.45, 7) is 6.98. The van der Waals surface area contributed by atoms with E-state index in [0.717, 1.165) is 51.4 Å². The summed E-state index contributed by atoms with van der Waals surface area (Å²) in [5.74, 6) is -0.575. The van der Waals surface area contributed by atoms with E-state index in [9.17, 15) is 19.0 Å². The van der Waals surface area contributed by atoms with E-state index in [1.165, 1.54) is 212 Å². The zero-order valence-corrected chi connectivity index (χ0v) is 51.2. The highest BCUT2D eigenvalue weighted by atomic mass is 31.2. The number of rotatable bonds is 58. The van der Waals surface area contributed by atoms with Gasteiger partial charge in [-0.2, -0.15) is 0 Å². The van der Waals surface area contributed by atoms with E-state index in [1.807, 2.05) is 39.4 Å². The standard InChI is InChI=1S/C65H123N2O7P/c1-7-10-13-16-19-22-25-27-28-29-30-31-32-33-34-35-36-37-38-40-42-45-48-51-54-57-64(68)66-62(61-73-75(70,71)72-60-59-67(4,5)6)63(56-53-50-47-44-41-24-21-18-15-12-9-3)74-65(69)58-55-52-49-46-43-39-26-23-20-17-14-11-8-2/h27-28,39,43,49,52-53,56,62-63H,7-26,29-38,40-42,44-48,50-51,54-55,57-61H2,1-6H3,(H-,66,68,70,71)/p+1/b28-27+,43-39-,52-49+,56-53-. The fraction of sp³-hybridized carbons (Fsp3) is 0.846. The van der Waals surface area contributed by atoms with Crippen molar-refractivity contribution in [2.45, 2.75) is 315 Å². The minimum atomic E-state index is -4.45. The summed E-state index contributed by atoms with van der Waals surface area (Å²) in [6.07, 6.45) is 68.5. The minimum Gasteiger partial charge on any atom is -0.456 e. The van der Waals surface area contributed by atoms with Gasteiger partial charge in [-0.05, 0) is 76.7 Å². The summed E-state index contributed by atoms with van der Waals surface area (Å²) >= 11 is 0. The molecule has 0 spiro atoms. The monoisotopic (exact) mass is 1080 g/mol. The Morgan fingerprint density at radius 1 is 0.467 bits per heavy atom. The van der Waals surface area contributed by atoms with E-state index in [-0.39, 0.29) is 31.5 Å². The number of phosphoric acid groups is 1. The first-order valence-electron chi connectivity index (χ1n) is 32.0. The highest BCUT2D eigenvalue weighted by Gasteiger charge is 2.30. The van der Waals surface area contributed by atoms with E-state index in [4.69, 9.17) is 13.8 Å². The van der Waals surface area contributed by atoms with E-state index >= 15 is 0 Å². The lowest BCUT2D eigenvalue weighted by Crippen LogP contribution is -2.47. The first-order valence-corrected chi connectivity index (χ1v) is 33.5. The Balaban J connectivity index is 5.07. The summed E-state index contributed by atoms with van der Waals surface area (Å²) in [6, 6.07) is -0.868. The predicted octanol–water partition coefficient (Wildman–Crippen LogP) is 19.7. The number of phosphoric ester groups is 1. The second kappa shape index (κ2) is 55.3. The van der Waals surface area contributed by atoms with Gasteiger partial charge in [-0.25, -0.2) is 4.57 Å². The molecule has 0 saturated carbocycles. The van der Waals surface area contributed by atoms with Gasteiger partial charge in [-0.3, -0.25) is 18.6 Å². The van der Waals surface area contributed by atoms with E-state index < -0.39 is 20.0 Å². The van der Waals surface area contributed by atoms with Crippen molar-refractivity contribution in [1.29, 1.82) is 0 Å². The van der Waals surface area contributed by atoms with Crippen molar-refractivity contribution < 1.29 is 37.3 Å². The number of allylic oxidation sites excluding steroid dienone is 7. The number of carbonyl (C=O) groups excluding carboxylic acids is 2. The van der Waals surface area contributed by atoms with Gasteiger partial charge in [0.15, 0.2) is 0 Å². The van der Waals surface area contributed by atoms with Crippen LogP contribution in [0.3, 0.4) is 0 Å². The number of likely N-dealkylation sites (N-methyl/N-ethyl adjacent to an activating group) is 1. The molecule has 0 aliphatic rings. The number of ether oxygens (including phenoxy) is 1. The molecule has 75 heavy (non-hydrogen) atoms. The zero-order chi connectivity index (χ0) is 55.0. The third-order valence-electron chi connectivity index (χ3n) is 14.3. The van der Waals surface area contributed by atoms with Gasteiger partial charge < -0.3 is 19.4 Å². The van der Waals surface area contributed by atoms with Crippen molar-refractivity contribution in [3.63, 3.8) is 0 Å². The van der Waals surface area contributed by atoms with Crippen molar-refractivity contribution in [3.05, 3.63) is 48.6 Å². The van der Waals surface area contributed by atoms with Crippen LogP contribution in [0.25, 0.3) is 0 Å². The van der Waals surface area contributed by atoms with Crippen molar-refractivity contribution in [3.8, 4) is 0 Å². The smallest absolute Gasteiger partial charge is 0.456 e. The summed E-state index contributed by atoms with van der Waals surface area (Å²) < 4.78 is 30.6. The molecule has 0 saturated heterocycles. The first-order chi connectivity index (χ1) is 36.4. The highest BCUT2D eigenvalue weighted by Crippen LogP contribution is 2.43. The number of carbonyl (C=O) groups is 2. The highest BCUT2D eigenvalue weighted by molar-refractivity contribution is 7.47. The predicted molar refractivity (Wildman–Crippen MR) is 323 cm³/mol. The maximum Gasteiger partial charge on any atom is 0.472 e. The second-order valence-corrected chi connectivity index (χ2v) is 24.4. The van der Waals surface area contributed by atoms with Gasteiger partial charge in [-0.1, -0.05) is 262 Å². The normalized spacial score (nSPS) is 14.0. The van der Waals surface area contributed by atoms with Gasteiger partial charge in [-0.15, -0.1) is 0 Å². The molecule has 0 bridgehead atoms. The van der Waals surface area contributed by atoms with Crippen molar-refractivity contribution in [2.24, 2.45) is 0 Å². The summed E-state index contributed by atoms with van der Waals surface area (Å²) in [7, 11) is 1.48. The van der Waals surface area contributed by atoms with Gasteiger partial charge >= 0.3 is 13.8 Å². The molecule has 9 nitrogen and oxygen atoms in total. The molecule has 0 aromatic heterocycles. The lowest BCUT2D eigenvalue weighted by Gasteiger charge is -2.27. The number of quaternary nitrogens is 1. The average molecular weight is 1080 g/mol. The van der Waals surface area contributed by atoms with Gasteiger partial charge in [0.05, 0.1) is 33.8 Å². The number of esters is 1. The van der Waals surface area contributed by atoms with E-state index in [2.05, 4.69) is 56.5 Å². The second-order valence-electron chi connectivity index (χ2n) is 22.9. The number of unbranched alkanes of at least 4 members (excludes halogenated alkanes) is 36. The first kappa shape index (κ1) is 73.0. The molecule has 3 unspecified atom stereocenters. The molecule has 0 aromatic carbocycles. The molecule has 1 amide bonds. The number of hydrogen-bond donors (Lipinski definition) is 2. The molecule has 0 aliphatic heterocycles. The molecule has 10 heteroatoms. The number of hydrogen-bond acceptors (Lipinski definition) is 6. The van der Waals surface area contributed by atoms with Crippen molar-refractivity contribution in [1.82, 2.24) is 5.32 Å². The van der Waals surface area contributed by atoms with Crippen LogP contribution in [0.2, 0.25) is 0 Å². The molecule has 2 N–H and O–H groups in total. The molecule has 440 valence electrons. The molecule has 0 radical (unpaired) electrons. The summed E-state index contributed by atoms with van der Waals surface area (Å²) in [5.41, 5.74) is 0. The lowest BCUT2D eigenvalue weighted by molar-refractivity contribution is -0.870. The van der Waals surface area contributed by atoms with Crippen LogP contribution in [-0.2, 0) is 27.9 Å². The van der Waals surface area contributed by atoms with Gasteiger partial charge in [0.2, 0.25) is 5.91 Å². The van der Waals surface area contributed by atoms with Crippen LogP contribution in [0.5, 0.6) is 0 Å². The largest absolute Gasteiger partial charge is 0.472 e. The van der Waals surface area contributed by atoms with Crippen LogP contribution in [0.4, 0.5) is 0 Å². The number of nitrogens with one attached hydrogen (secondary N) is 1. The Morgan fingerprint density at radius 2 is 0.827 bits per heavy atom. The van der Waals surface area contributed by atoms with Crippen LogP contribution in [-0.4, -0.2) is 74.3 Å². The maximum absolute atomic E-state index is 13.5. The molecular weight excluding hydrogens is 952 g/mol. The fourth-order valence-corrected chi connectivity index (χ4v) is 10.0. The van der Waals surface area contributed by atoms with Crippen LogP contribution < -0.4 is 5.32 Å². The molecule has 3 atom stereocenters. The molecule has 0 aromatic rings. The Hall–Kier alpha value is -2.03. The molecule has 0 aliphatic carbocycles. The van der Waals surface area contributed by atoms with Gasteiger partial charge in [0, 0.05) is 12.8 Å². The van der Waals surface area contributed by atoms with Gasteiger partial charge in [0.1, 0.15) is 19.3 Å². The van der Waals surface area contributed by atoms with E-state index in [0.29, 0.717) is 23.9 Å². The van der Waals surface area contributed by atoms with Crippen LogP contribution >= 0.6 is 7.82 Å². The maximum atomic E-state index is 13.5. The van der Waals surface area contributed by atoms with Gasteiger partial charge in [0.25, 0.3) is 0 Å². The summed E-state index contributed by atoms with van der Waals surface area (Å²) in [5, 5.41) is 3.04. The van der Waals surface area contributed by atoms with Crippen molar-refractivity contribution in [2.75, 3.05) is 40.9 Å². The van der Waals surface area contributed by atoms with Crippen LogP contribution in [0, 0.1) is 0 Å². The summed E-state index contributed by atoms with van der Waals surface area (Å²) in [4.78, 5) is 37.6. The number of amides is 1. The minimum absolute atomic E-state index is 0.0337. The lowest BCUT2D eigenvalue weighted by atomic mass is 10.0. The third-order valence-corrected chi connectivity index (χ3v) is 15.2. The van der Waals surface area contributed by atoms with Crippen LogP contribution in [0.1, 0.15) is 303 Å². The Morgan fingerprint density at radius 3 is 1.24 bits per heavy atom. The molecule has 0 heterocycles. The average Bonchev–Trinajstić information content (AvgIpc) is 3.37. The Bertz CT molecular complexity index is 1420.